The van der Waals surface area contributed by atoms with Crippen molar-refractivity contribution in [2.24, 2.45) is 35.5 Å². The van der Waals surface area contributed by atoms with Crippen molar-refractivity contribution in [1.29, 1.82) is 0 Å². The van der Waals surface area contributed by atoms with E-state index in [9.17, 15) is 42.6 Å². The molecular weight excluding hydrogens is 1050 g/mol. The SMILES string of the molecule is CO[C@@H]1C[C@H](C[C@@H](C)[C@@H]2CC(=O)[C@H](C)/C=C(\C)[C@@H](O)[C@@H](OC)C(=O)[C@H](C)C[C@H](C)/C=C/C=C/C=C(\C)C(OCCOCCOCCO)C[C@@H]3CC[C@@H](C)[C@@](O)(O3)C(=O)C(=O)N3CCCC[C@H]3C(=O)O2)CC[C@H]1OCCCS(C)(=O)=O. The number of cyclic esters (lactones) is 1. The summed E-state index contributed by atoms with van der Waals surface area (Å²) in [4.78, 5) is 73.1. The Labute approximate surface area is 476 Å². The van der Waals surface area contributed by atoms with Gasteiger partial charge in [-0.15, -0.1) is 0 Å². The fourth-order valence-electron chi connectivity index (χ4n) is 11.4. The molecule has 0 aromatic heterocycles. The van der Waals surface area contributed by atoms with Crippen LogP contribution in [0.5, 0.6) is 0 Å². The minimum absolute atomic E-state index is 0.0193. The first kappa shape index (κ1) is 69.0. The van der Waals surface area contributed by atoms with E-state index in [1.165, 1.54) is 18.3 Å². The zero-order valence-corrected chi connectivity index (χ0v) is 50.2. The second-order valence-electron chi connectivity index (χ2n) is 23.0. The molecule has 2 bridgehead atoms. The molecule has 3 aliphatic heterocycles. The molecule has 1 amide bonds. The zero-order valence-electron chi connectivity index (χ0n) is 49.4. The number of aliphatic hydroxyl groups excluding tert-OH is 2. The molecule has 3 N–H and O–H groups in total. The Kier molecular flexibility index (Phi) is 29.6. The van der Waals surface area contributed by atoms with Gasteiger partial charge in [0.1, 0.15) is 40.0 Å². The molecule has 4 aliphatic rings. The fraction of sp³-hybridized carbons (Fsp3) is 0.783. The molecule has 1 aliphatic carbocycles. The lowest BCUT2D eigenvalue weighted by Crippen LogP contribution is -2.61. The summed E-state index contributed by atoms with van der Waals surface area (Å²) in [6.07, 6.45) is 12.3. The van der Waals surface area contributed by atoms with Crippen LogP contribution in [0.15, 0.2) is 47.6 Å². The number of Topliss-reactive ketones (excluding diaryl/α,β-unsaturated/α-hetero) is 3. The standard InChI is InChI=1S/C60H97NO18S/c1-39-17-12-11-13-18-40(2)51(77-31-30-75-29-28-74-27-25-62)37-47-22-20-45(7)60(69,79-47)57(66)58(67)61-24-15-14-19-48(61)59(68)78-52(38-49(63)41(3)34-44(6)55(65)56(73-9)54(64)43(5)33-39)42(4)35-46-21-23-50(53(36-46)72-8)76-26-16-32-80(10,70)71/h11-13,17-18,34,39,41-43,45-48,50-53,55-56,62,65,69H,14-16,19-33,35-38H2,1-10H3/b13-11+,17-12+,40-18+,44-34+/t39-,41-,42-,43-,45-,46+,47+,48+,50-,51?,52+,53-,55-,56+,60-/m1/s1. The quantitative estimate of drug-likeness (QED) is 0.0577. The predicted octanol–water partition coefficient (Wildman–Crippen LogP) is 6.04. The Balaban J connectivity index is 1.68. The van der Waals surface area contributed by atoms with E-state index in [0.717, 1.165) is 12.0 Å². The van der Waals surface area contributed by atoms with Crippen LogP contribution in [0, 0.1) is 35.5 Å². The largest absolute Gasteiger partial charge is 0.460 e. The molecule has 1 saturated carbocycles. The Morgan fingerprint density at radius 2 is 1.52 bits per heavy atom. The average molecular weight is 1150 g/mol. The second-order valence-corrected chi connectivity index (χ2v) is 25.3. The van der Waals surface area contributed by atoms with Crippen molar-refractivity contribution in [2.75, 3.05) is 79.0 Å². The number of piperidine rings is 1. The maximum atomic E-state index is 14.7. The van der Waals surface area contributed by atoms with Gasteiger partial charge in [-0.05, 0) is 113 Å². The third kappa shape index (κ3) is 21.6. The van der Waals surface area contributed by atoms with Gasteiger partial charge in [-0.25, -0.2) is 13.2 Å². The maximum absolute atomic E-state index is 14.7. The van der Waals surface area contributed by atoms with Crippen molar-refractivity contribution in [3.63, 3.8) is 0 Å². The normalized spacial score (nSPS) is 35.3. The Bertz CT molecular complexity index is 2210. The minimum atomic E-state index is -3.14. The van der Waals surface area contributed by atoms with Gasteiger partial charge >= 0.3 is 5.97 Å². The summed E-state index contributed by atoms with van der Waals surface area (Å²) in [5.41, 5.74) is 1.17. The molecule has 2 saturated heterocycles. The van der Waals surface area contributed by atoms with Gasteiger partial charge in [0.05, 0.1) is 69.8 Å². The van der Waals surface area contributed by atoms with Gasteiger partial charge in [0.2, 0.25) is 5.79 Å². The van der Waals surface area contributed by atoms with E-state index in [0.29, 0.717) is 76.6 Å². The van der Waals surface area contributed by atoms with Crippen molar-refractivity contribution in [1.82, 2.24) is 4.90 Å². The number of methoxy groups -OCH3 is 2. The molecule has 4 rings (SSSR count). The third-order valence-electron chi connectivity index (χ3n) is 16.3. The lowest BCUT2D eigenvalue weighted by molar-refractivity contribution is -0.266. The van der Waals surface area contributed by atoms with E-state index in [1.807, 2.05) is 51.2 Å². The van der Waals surface area contributed by atoms with E-state index in [2.05, 4.69) is 0 Å². The number of aliphatic hydroxyl groups is 3. The number of allylic oxidation sites excluding steroid dienone is 6. The number of hydrogen-bond donors (Lipinski definition) is 3. The Morgan fingerprint density at radius 3 is 2.21 bits per heavy atom. The number of amides is 1. The maximum Gasteiger partial charge on any atom is 0.329 e. The number of ketones is 3. The number of esters is 1. The van der Waals surface area contributed by atoms with E-state index in [1.54, 1.807) is 40.9 Å². The van der Waals surface area contributed by atoms with Crippen LogP contribution in [0.1, 0.15) is 132 Å². The molecule has 19 nitrogen and oxygen atoms in total. The summed E-state index contributed by atoms with van der Waals surface area (Å²) in [5, 5.41) is 32.8. The molecule has 3 heterocycles. The molecule has 0 spiro atoms. The van der Waals surface area contributed by atoms with Crippen LogP contribution in [-0.2, 0) is 71.7 Å². The first-order chi connectivity index (χ1) is 37.9. The van der Waals surface area contributed by atoms with Crippen LogP contribution in [0.4, 0.5) is 0 Å². The molecule has 0 radical (unpaired) electrons. The van der Waals surface area contributed by atoms with Crippen LogP contribution in [0.25, 0.3) is 0 Å². The van der Waals surface area contributed by atoms with Crippen molar-refractivity contribution in [3.05, 3.63) is 47.6 Å². The summed E-state index contributed by atoms with van der Waals surface area (Å²) < 4.78 is 71.0. The predicted molar refractivity (Wildman–Crippen MR) is 301 cm³/mol. The topological polar surface area (TPSA) is 257 Å². The molecule has 3 fully saturated rings. The molecular formula is C60H97NO18S. The number of sulfone groups is 1. The smallest absolute Gasteiger partial charge is 0.329 e. The lowest BCUT2D eigenvalue weighted by atomic mass is 9.78. The molecule has 20 heteroatoms. The molecule has 0 aromatic carbocycles. The minimum Gasteiger partial charge on any atom is -0.460 e. The highest BCUT2D eigenvalue weighted by Gasteiger charge is 2.53. The van der Waals surface area contributed by atoms with Gasteiger partial charge < -0.3 is 58.1 Å². The van der Waals surface area contributed by atoms with E-state index >= 15 is 0 Å². The van der Waals surface area contributed by atoms with Crippen molar-refractivity contribution in [3.8, 4) is 0 Å². The number of nitrogens with zero attached hydrogens (tertiary/aromatic N) is 1. The van der Waals surface area contributed by atoms with Gasteiger partial charge in [0, 0.05) is 64.2 Å². The van der Waals surface area contributed by atoms with Crippen LogP contribution in [0.2, 0.25) is 0 Å². The van der Waals surface area contributed by atoms with E-state index < -0.39 is 93.5 Å². The molecule has 1 unspecified atom stereocenters. The van der Waals surface area contributed by atoms with Crippen LogP contribution >= 0.6 is 0 Å². The number of rotatable bonds is 19. The first-order valence-corrected chi connectivity index (χ1v) is 31.1. The molecule has 15 atom stereocenters. The summed E-state index contributed by atoms with van der Waals surface area (Å²) >= 11 is 0. The number of carbonyl (C=O) groups is 5. The Morgan fingerprint density at radius 1 is 0.812 bits per heavy atom. The molecule has 0 aromatic rings. The second kappa shape index (κ2) is 34.3. The number of fused-ring (bicyclic) bond motifs is 3. The van der Waals surface area contributed by atoms with Gasteiger partial charge in [0.25, 0.3) is 11.7 Å². The van der Waals surface area contributed by atoms with Crippen LogP contribution in [-0.4, -0.2) is 191 Å². The zero-order chi connectivity index (χ0) is 59.2. The first-order valence-electron chi connectivity index (χ1n) is 29.1. The van der Waals surface area contributed by atoms with Gasteiger partial charge in [-0.1, -0.05) is 71.1 Å². The summed E-state index contributed by atoms with van der Waals surface area (Å²) in [6.45, 7) is 14.0. The number of carbonyl (C=O) groups excluding carboxylic acids is 5. The van der Waals surface area contributed by atoms with E-state index in [-0.39, 0.29) is 100 Å². The third-order valence-corrected chi connectivity index (χ3v) is 17.3. The fourth-order valence-corrected chi connectivity index (χ4v) is 12.0. The number of ether oxygens (including phenoxy) is 8. The number of hydrogen-bond acceptors (Lipinski definition) is 18. The molecule has 80 heavy (non-hydrogen) atoms. The monoisotopic (exact) mass is 1150 g/mol. The van der Waals surface area contributed by atoms with Crippen molar-refractivity contribution in [2.45, 2.75) is 186 Å². The highest BCUT2D eigenvalue weighted by atomic mass is 32.2. The highest BCUT2D eigenvalue weighted by molar-refractivity contribution is 7.90. The van der Waals surface area contributed by atoms with Crippen molar-refractivity contribution >= 4 is 39.1 Å². The van der Waals surface area contributed by atoms with Crippen LogP contribution in [0.3, 0.4) is 0 Å². The van der Waals surface area contributed by atoms with Gasteiger partial charge in [-0.3, -0.25) is 19.2 Å². The molecule has 456 valence electrons. The lowest BCUT2D eigenvalue weighted by Gasteiger charge is -2.43. The van der Waals surface area contributed by atoms with Crippen LogP contribution < -0.4 is 0 Å². The summed E-state index contributed by atoms with van der Waals surface area (Å²) in [7, 11) is -0.163. The highest BCUT2D eigenvalue weighted by Crippen LogP contribution is 2.38. The van der Waals surface area contributed by atoms with Gasteiger partial charge in [0.15, 0.2) is 5.78 Å². The Hall–Kier alpha value is -3.54. The summed E-state index contributed by atoms with van der Waals surface area (Å²) in [5.74, 6) is -8.52. The van der Waals surface area contributed by atoms with Crippen molar-refractivity contribution < 1.29 is 85.6 Å². The average Bonchev–Trinajstić information content (AvgIpc) is 3.48. The summed E-state index contributed by atoms with van der Waals surface area (Å²) in [6, 6.07) is -1.20. The van der Waals surface area contributed by atoms with E-state index in [4.69, 9.17) is 43.0 Å². The van der Waals surface area contributed by atoms with Gasteiger partial charge in [-0.2, -0.15) is 0 Å².